The summed E-state index contributed by atoms with van der Waals surface area (Å²) in [4.78, 5) is 25.7. The molecule has 0 aromatic heterocycles. The fraction of sp³-hybridized carbons (Fsp3) is 0.167. The third kappa shape index (κ3) is 6.21. The van der Waals surface area contributed by atoms with Gasteiger partial charge in [-0.15, -0.1) is 0 Å². The van der Waals surface area contributed by atoms with Crippen LogP contribution in [-0.4, -0.2) is 26.0 Å². The molecule has 32 heavy (non-hydrogen) atoms. The van der Waals surface area contributed by atoms with Crippen LogP contribution in [0.3, 0.4) is 0 Å². The molecule has 0 radical (unpaired) electrons. The van der Waals surface area contributed by atoms with Crippen LogP contribution in [0.5, 0.6) is 11.5 Å². The van der Waals surface area contributed by atoms with Crippen molar-refractivity contribution in [1.82, 2.24) is 10.6 Å². The van der Waals surface area contributed by atoms with Crippen LogP contribution < -0.4 is 26.0 Å². The van der Waals surface area contributed by atoms with Crippen molar-refractivity contribution in [2.24, 2.45) is 5.73 Å². The Morgan fingerprint density at radius 2 is 1.44 bits per heavy atom. The summed E-state index contributed by atoms with van der Waals surface area (Å²) in [7, 11) is 3.71. The van der Waals surface area contributed by atoms with E-state index in [1.54, 1.807) is 30.3 Å². The van der Waals surface area contributed by atoms with Gasteiger partial charge >= 0.3 is 6.03 Å². The molecule has 166 valence electrons. The number of carbonyl (C=O) groups is 2. The summed E-state index contributed by atoms with van der Waals surface area (Å²) in [5, 5.41) is 5.44. The number of anilines is 1. The summed E-state index contributed by atoms with van der Waals surface area (Å²) >= 11 is 0. The normalized spacial score (nSPS) is 10.3. The minimum Gasteiger partial charge on any atom is -0.457 e. The first kappa shape index (κ1) is 22.6. The largest absolute Gasteiger partial charge is 0.457 e. The highest BCUT2D eigenvalue weighted by Crippen LogP contribution is 2.23. The van der Waals surface area contributed by atoms with E-state index in [0.717, 1.165) is 16.8 Å². The SMILES string of the molecule is CN(C)c1ccc(CNC(N)=O)cc1C(=O)NCc1ccc(Oc2ccc(F)cc2)cc1. The molecule has 3 aromatic carbocycles. The molecule has 3 aromatic rings. The quantitative estimate of drug-likeness (QED) is 0.501. The van der Waals surface area contributed by atoms with Crippen molar-refractivity contribution in [3.8, 4) is 11.5 Å². The highest BCUT2D eigenvalue weighted by Gasteiger charge is 2.14. The number of amides is 3. The van der Waals surface area contributed by atoms with Gasteiger partial charge in [0.2, 0.25) is 0 Å². The van der Waals surface area contributed by atoms with Gasteiger partial charge in [-0.05, 0) is 59.7 Å². The van der Waals surface area contributed by atoms with Crippen molar-refractivity contribution in [2.45, 2.75) is 13.1 Å². The van der Waals surface area contributed by atoms with E-state index in [0.29, 0.717) is 23.6 Å². The smallest absolute Gasteiger partial charge is 0.312 e. The maximum atomic E-state index is 13.0. The van der Waals surface area contributed by atoms with Gasteiger partial charge < -0.3 is 26.0 Å². The fourth-order valence-corrected chi connectivity index (χ4v) is 3.05. The van der Waals surface area contributed by atoms with E-state index in [1.807, 2.05) is 43.3 Å². The Morgan fingerprint density at radius 3 is 2.03 bits per heavy atom. The van der Waals surface area contributed by atoms with E-state index in [2.05, 4.69) is 10.6 Å². The van der Waals surface area contributed by atoms with Crippen molar-refractivity contribution in [3.05, 3.63) is 89.2 Å². The van der Waals surface area contributed by atoms with Gasteiger partial charge in [-0.2, -0.15) is 0 Å². The number of hydrogen-bond donors (Lipinski definition) is 3. The van der Waals surface area contributed by atoms with E-state index >= 15 is 0 Å². The Hall–Kier alpha value is -4.07. The lowest BCUT2D eigenvalue weighted by molar-refractivity contribution is 0.0951. The molecule has 0 aliphatic carbocycles. The van der Waals surface area contributed by atoms with Gasteiger partial charge in [-0.1, -0.05) is 18.2 Å². The van der Waals surface area contributed by atoms with Crippen LogP contribution in [0.15, 0.2) is 66.7 Å². The third-order valence-corrected chi connectivity index (χ3v) is 4.68. The first-order valence-corrected chi connectivity index (χ1v) is 9.96. The second-order valence-corrected chi connectivity index (χ2v) is 7.35. The number of benzene rings is 3. The molecule has 0 aliphatic rings. The second-order valence-electron chi connectivity index (χ2n) is 7.35. The molecule has 4 N–H and O–H groups in total. The van der Waals surface area contributed by atoms with Crippen LogP contribution in [0.1, 0.15) is 21.5 Å². The molecular formula is C24H25FN4O3. The number of nitrogens with zero attached hydrogens (tertiary/aromatic N) is 1. The highest BCUT2D eigenvalue weighted by molar-refractivity contribution is 6.00. The zero-order valence-corrected chi connectivity index (χ0v) is 17.9. The first-order chi connectivity index (χ1) is 15.3. The van der Waals surface area contributed by atoms with Crippen LogP contribution in [0.2, 0.25) is 0 Å². The highest BCUT2D eigenvalue weighted by atomic mass is 19.1. The number of urea groups is 1. The summed E-state index contributed by atoms with van der Waals surface area (Å²) in [6.07, 6.45) is 0. The first-order valence-electron chi connectivity index (χ1n) is 9.96. The van der Waals surface area contributed by atoms with Gasteiger partial charge in [0.15, 0.2) is 0 Å². The molecule has 0 fully saturated rings. The summed E-state index contributed by atoms with van der Waals surface area (Å²) in [6.45, 7) is 0.561. The van der Waals surface area contributed by atoms with Gasteiger partial charge in [0.1, 0.15) is 17.3 Å². The number of hydrogen-bond acceptors (Lipinski definition) is 4. The molecule has 0 bridgehead atoms. The van der Waals surface area contributed by atoms with Crippen molar-refractivity contribution in [1.29, 1.82) is 0 Å². The zero-order chi connectivity index (χ0) is 23.1. The molecule has 3 amide bonds. The van der Waals surface area contributed by atoms with Gasteiger partial charge in [0.05, 0.1) is 5.56 Å². The van der Waals surface area contributed by atoms with Crippen LogP contribution in [0.4, 0.5) is 14.9 Å². The molecule has 0 spiro atoms. The summed E-state index contributed by atoms with van der Waals surface area (Å²) in [5.74, 6) is 0.586. The Morgan fingerprint density at radius 1 is 0.875 bits per heavy atom. The lowest BCUT2D eigenvalue weighted by Gasteiger charge is -2.18. The zero-order valence-electron chi connectivity index (χ0n) is 17.9. The van der Waals surface area contributed by atoms with Crippen LogP contribution in [-0.2, 0) is 13.1 Å². The lowest BCUT2D eigenvalue weighted by Crippen LogP contribution is -2.29. The molecule has 7 nitrogen and oxygen atoms in total. The number of nitrogens with one attached hydrogen (secondary N) is 2. The van der Waals surface area contributed by atoms with Crippen molar-refractivity contribution >= 4 is 17.6 Å². The molecule has 8 heteroatoms. The number of primary amides is 1. The third-order valence-electron chi connectivity index (χ3n) is 4.68. The van der Waals surface area contributed by atoms with Gasteiger partial charge in [-0.3, -0.25) is 4.79 Å². The maximum Gasteiger partial charge on any atom is 0.312 e. The second kappa shape index (κ2) is 10.3. The van der Waals surface area contributed by atoms with Gasteiger partial charge in [0, 0.05) is 32.9 Å². The van der Waals surface area contributed by atoms with E-state index < -0.39 is 6.03 Å². The van der Waals surface area contributed by atoms with Crippen molar-refractivity contribution < 1.29 is 18.7 Å². The molecule has 0 atom stereocenters. The van der Waals surface area contributed by atoms with Crippen molar-refractivity contribution in [2.75, 3.05) is 19.0 Å². The summed E-state index contributed by atoms with van der Waals surface area (Å²) in [5.41, 5.74) is 8.04. The lowest BCUT2D eigenvalue weighted by atomic mass is 10.1. The average Bonchev–Trinajstić information content (AvgIpc) is 2.78. The van der Waals surface area contributed by atoms with Crippen LogP contribution >= 0.6 is 0 Å². The summed E-state index contributed by atoms with van der Waals surface area (Å²) in [6, 6.07) is 17.8. The number of halogens is 1. The van der Waals surface area contributed by atoms with E-state index in [-0.39, 0.29) is 18.3 Å². The predicted molar refractivity (Wildman–Crippen MR) is 121 cm³/mol. The average molecular weight is 436 g/mol. The number of rotatable bonds is 8. The predicted octanol–water partition coefficient (Wildman–Crippen LogP) is 3.78. The summed E-state index contributed by atoms with van der Waals surface area (Å²) < 4.78 is 18.7. The van der Waals surface area contributed by atoms with Gasteiger partial charge in [0.25, 0.3) is 5.91 Å². The van der Waals surface area contributed by atoms with E-state index in [9.17, 15) is 14.0 Å². The van der Waals surface area contributed by atoms with E-state index in [4.69, 9.17) is 10.5 Å². The Labute approximate surface area is 186 Å². The number of nitrogens with two attached hydrogens (primary N) is 1. The minimum absolute atomic E-state index is 0.235. The Kier molecular flexibility index (Phi) is 7.28. The molecule has 0 saturated carbocycles. The maximum absolute atomic E-state index is 13.0. The molecule has 0 saturated heterocycles. The number of carbonyl (C=O) groups excluding carboxylic acids is 2. The molecular weight excluding hydrogens is 411 g/mol. The molecule has 0 heterocycles. The Balaban J connectivity index is 1.64. The topological polar surface area (TPSA) is 96.7 Å². The monoisotopic (exact) mass is 436 g/mol. The number of ether oxygens (including phenoxy) is 1. The van der Waals surface area contributed by atoms with Crippen LogP contribution in [0, 0.1) is 5.82 Å². The Bertz CT molecular complexity index is 1080. The van der Waals surface area contributed by atoms with E-state index in [1.165, 1.54) is 12.1 Å². The van der Waals surface area contributed by atoms with Crippen molar-refractivity contribution in [3.63, 3.8) is 0 Å². The molecule has 3 rings (SSSR count). The fourth-order valence-electron chi connectivity index (χ4n) is 3.05. The minimum atomic E-state index is -0.625. The van der Waals surface area contributed by atoms with Gasteiger partial charge in [-0.25, -0.2) is 9.18 Å². The van der Waals surface area contributed by atoms with Crippen LogP contribution in [0.25, 0.3) is 0 Å². The molecule has 0 aliphatic heterocycles. The molecule has 0 unspecified atom stereocenters. The standard InChI is InChI=1S/C24H25FN4O3/c1-29(2)22-12-5-17(15-28-24(26)31)13-21(22)23(30)27-14-16-3-8-19(9-4-16)32-20-10-6-18(25)7-11-20/h3-13H,14-15H2,1-2H3,(H,27,30)(H3,26,28,31).